The molecule has 0 bridgehead atoms. The first kappa shape index (κ1) is 51.9. The molecule has 14 N–H and O–H groups in total. The Hall–Kier alpha value is -7.43. The van der Waals surface area contributed by atoms with Gasteiger partial charge in [0.25, 0.3) is 0 Å². The summed E-state index contributed by atoms with van der Waals surface area (Å²) < 4.78 is 0. The molecule has 0 heterocycles. The Balaban J connectivity index is 1.97. The van der Waals surface area contributed by atoms with E-state index in [1.165, 1.54) is 38.1 Å². The molecule has 0 aliphatic rings. The Kier molecular flexibility index (Phi) is 20.0. The molecule has 3 aromatic rings. The van der Waals surface area contributed by atoms with Crippen molar-refractivity contribution < 1.29 is 73.8 Å². The number of phenols is 1. The Morgan fingerprint density at radius 1 is 0.462 bits per heavy atom. The minimum absolute atomic E-state index is 0.159. The van der Waals surface area contributed by atoms with Crippen LogP contribution in [0.2, 0.25) is 0 Å². The van der Waals surface area contributed by atoms with Gasteiger partial charge in [0.1, 0.15) is 48.0 Å². The van der Waals surface area contributed by atoms with Gasteiger partial charge < -0.3 is 68.3 Å². The van der Waals surface area contributed by atoms with Crippen LogP contribution in [0.4, 0.5) is 0 Å². The van der Waals surface area contributed by atoms with Crippen molar-refractivity contribution in [1.82, 2.24) is 31.9 Å². The third-order valence-electron chi connectivity index (χ3n) is 9.73. The van der Waals surface area contributed by atoms with Gasteiger partial charge in [-0.2, -0.15) is 0 Å². The van der Waals surface area contributed by atoms with Crippen molar-refractivity contribution in [2.24, 2.45) is 5.73 Å². The highest BCUT2D eigenvalue weighted by Crippen LogP contribution is 2.13. The molecule has 0 aliphatic carbocycles. The van der Waals surface area contributed by atoms with Crippen molar-refractivity contribution >= 4 is 53.4 Å². The summed E-state index contributed by atoms with van der Waals surface area (Å²) >= 11 is 0. The van der Waals surface area contributed by atoms with Gasteiger partial charge in [0, 0.05) is 19.3 Å². The van der Waals surface area contributed by atoms with Crippen LogP contribution in [0, 0.1) is 0 Å². The molecule has 350 valence electrons. The van der Waals surface area contributed by atoms with Crippen LogP contribution in [0.1, 0.15) is 43.4 Å². The third-order valence-corrected chi connectivity index (χ3v) is 9.73. The lowest BCUT2D eigenvalue weighted by molar-refractivity contribution is -0.147. The van der Waals surface area contributed by atoms with E-state index in [-0.39, 0.29) is 25.0 Å². The number of nitrogens with two attached hydrogens (primary N) is 1. The number of aliphatic hydroxyl groups is 2. The lowest BCUT2D eigenvalue weighted by Crippen LogP contribution is -2.62. The van der Waals surface area contributed by atoms with Gasteiger partial charge in [0.05, 0.1) is 25.0 Å². The molecule has 0 aromatic heterocycles. The van der Waals surface area contributed by atoms with E-state index < -0.39 is 121 Å². The zero-order chi connectivity index (χ0) is 48.4. The van der Waals surface area contributed by atoms with Gasteiger partial charge in [-0.15, -0.1) is 0 Å². The number of benzene rings is 3. The standard InChI is InChI=1S/C43H53N7O15/c1-22(51)35(44)41(62)50-36(23(2)52)42(63)48-30(18-25-11-7-4-8-12-25)38(59)45-28(17-24-9-5-3-6-10-24)37(58)47-31(20-33(54)55)40(61)46-29(19-26-13-15-27(53)16-14-26)39(60)49-32(43(64)65)21-34(56)57/h3-16,22-23,28-32,35-36,51-53H,17-21,44H2,1-2H3,(H,45,59)(H,46,61)(H,47,58)(H,48,63)(H,49,60)(H,50,62)(H,54,55)(H,56,57)(H,64,65)/t22-,23-,28+,29+,30+,31+,32+,35+,36+/m1/s1. The van der Waals surface area contributed by atoms with E-state index in [1.807, 2.05) is 5.32 Å². The van der Waals surface area contributed by atoms with Crippen LogP contribution in [-0.2, 0) is 62.4 Å². The molecular formula is C43H53N7O15. The highest BCUT2D eigenvalue weighted by atomic mass is 16.4. The number of carbonyl (C=O) groups is 9. The average molecular weight is 908 g/mol. The second-order valence-electron chi connectivity index (χ2n) is 15.1. The number of phenolic OH excluding ortho intramolecular Hbond substituents is 1. The predicted molar refractivity (Wildman–Crippen MR) is 227 cm³/mol. The summed E-state index contributed by atoms with van der Waals surface area (Å²) in [5, 5.41) is 72.3. The second-order valence-corrected chi connectivity index (χ2v) is 15.1. The van der Waals surface area contributed by atoms with Gasteiger partial charge in [-0.3, -0.25) is 38.4 Å². The zero-order valence-electron chi connectivity index (χ0n) is 35.2. The molecule has 0 aliphatic heterocycles. The summed E-state index contributed by atoms with van der Waals surface area (Å²) in [5.74, 6) is -11.6. The molecule has 0 fully saturated rings. The van der Waals surface area contributed by atoms with Crippen molar-refractivity contribution in [3.05, 3.63) is 102 Å². The maximum atomic E-state index is 14.2. The molecule has 0 unspecified atom stereocenters. The third kappa shape index (κ3) is 17.3. The predicted octanol–water partition coefficient (Wildman–Crippen LogP) is -2.55. The number of hydrogen-bond acceptors (Lipinski definition) is 13. The molecule has 65 heavy (non-hydrogen) atoms. The van der Waals surface area contributed by atoms with Crippen LogP contribution in [-0.4, -0.2) is 138 Å². The van der Waals surface area contributed by atoms with Gasteiger partial charge in [0.15, 0.2) is 0 Å². The number of aliphatic hydroxyl groups excluding tert-OH is 2. The highest BCUT2D eigenvalue weighted by molar-refractivity contribution is 5.98. The molecule has 0 saturated heterocycles. The maximum Gasteiger partial charge on any atom is 0.326 e. The first-order valence-electron chi connectivity index (χ1n) is 20.1. The van der Waals surface area contributed by atoms with Gasteiger partial charge in [-0.25, -0.2) is 4.79 Å². The molecule has 3 aromatic carbocycles. The normalized spacial score (nSPS) is 15.1. The fourth-order valence-electron chi connectivity index (χ4n) is 6.18. The summed E-state index contributed by atoms with van der Waals surface area (Å²) in [7, 11) is 0. The van der Waals surface area contributed by atoms with Crippen LogP contribution in [0.3, 0.4) is 0 Å². The Bertz CT molecular complexity index is 2140. The Morgan fingerprint density at radius 2 is 0.815 bits per heavy atom. The van der Waals surface area contributed by atoms with E-state index >= 15 is 0 Å². The van der Waals surface area contributed by atoms with Crippen LogP contribution in [0.25, 0.3) is 0 Å². The average Bonchev–Trinajstić information content (AvgIpc) is 3.24. The summed E-state index contributed by atoms with van der Waals surface area (Å²) in [4.78, 5) is 117. The number of carboxylic acid groups (broad SMARTS) is 3. The minimum atomic E-state index is -1.96. The van der Waals surface area contributed by atoms with E-state index in [2.05, 4.69) is 26.6 Å². The van der Waals surface area contributed by atoms with Crippen molar-refractivity contribution in [1.29, 1.82) is 0 Å². The van der Waals surface area contributed by atoms with Crippen molar-refractivity contribution in [2.45, 2.75) is 100 Å². The smallest absolute Gasteiger partial charge is 0.326 e. The molecule has 6 amide bonds. The van der Waals surface area contributed by atoms with Crippen LogP contribution in [0.5, 0.6) is 5.75 Å². The van der Waals surface area contributed by atoms with E-state index in [1.54, 1.807) is 60.7 Å². The first-order valence-corrected chi connectivity index (χ1v) is 20.1. The highest BCUT2D eigenvalue weighted by Gasteiger charge is 2.36. The largest absolute Gasteiger partial charge is 0.508 e. The topological polar surface area (TPSA) is 373 Å². The number of rotatable bonds is 25. The van der Waals surface area contributed by atoms with Gasteiger partial charge in [0.2, 0.25) is 35.4 Å². The molecular weight excluding hydrogens is 855 g/mol. The molecule has 3 rings (SSSR count). The van der Waals surface area contributed by atoms with Crippen molar-refractivity contribution in [2.75, 3.05) is 0 Å². The fraction of sp³-hybridized carbons (Fsp3) is 0.372. The molecule has 22 heteroatoms. The molecule has 22 nitrogen and oxygen atoms in total. The molecule has 9 atom stereocenters. The lowest BCUT2D eigenvalue weighted by atomic mass is 10.0. The number of carboxylic acids is 3. The van der Waals surface area contributed by atoms with E-state index in [4.69, 9.17) is 5.73 Å². The van der Waals surface area contributed by atoms with E-state index in [0.29, 0.717) is 16.7 Å². The Labute approximate surface area is 372 Å². The molecule has 0 spiro atoms. The number of aliphatic carboxylic acids is 3. The summed E-state index contributed by atoms with van der Waals surface area (Å²) in [6.45, 7) is 2.42. The SMILES string of the molecule is C[C@@H](O)[C@H](N)C(=O)N[C@H](C(=O)N[C@@H](Cc1ccccc1)C(=O)N[C@@H](Cc1ccccc1)C(=O)N[C@@H](CC(=O)O)C(=O)N[C@@H](Cc1ccc(O)cc1)C(=O)N[C@@H](CC(=O)O)C(=O)O)[C@@H](C)O. The molecule has 0 saturated carbocycles. The fourth-order valence-corrected chi connectivity index (χ4v) is 6.18. The van der Waals surface area contributed by atoms with Crippen LogP contribution in [0.15, 0.2) is 84.9 Å². The molecule has 0 radical (unpaired) electrons. The zero-order valence-corrected chi connectivity index (χ0v) is 35.2. The maximum absolute atomic E-state index is 14.2. The number of carbonyl (C=O) groups excluding carboxylic acids is 6. The number of aromatic hydroxyl groups is 1. The van der Waals surface area contributed by atoms with Crippen LogP contribution < -0.4 is 37.6 Å². The number of hydrogen-bond donors (Lipinski definition) is 13. The van der Waals surface area contributed by atoms with E-state index in [0.717, 1.165) is 0 Å². The summed E-state index contributed by atoms with van der Waals surface area (Å²) in [5.41, 5.74) is 7.00. The Morgan fingerprint density at radius 3 is 1.20 bits per heavy atom. The quantitative estimate of drug-likeness (QED) is 0.0416. The van der Waals surface area contributed by atoms with Crippen molar-refractivity contribution in [3.63, 3.8) is 0 Å². The number of amides is 6. The lowest BCUT2D eigenvalue weighted by Gasteiger charge is -2.28. The minimum Gasteiger partial charge on any atom is -0.508 e. The summed E-state index contributed by atoms with van der Waals surface area (Å²) in [6.07, 6.45) is -5.84. The first-order chi connectivity index (χ1) is 30.6. The van der Waals surface area contributed by atoms with Crippen molar-refractivity contribution in [3.8, 4) is 5.75 Å². The van der Waals surface area contributed by atoms with Gasteiger partial charge >= 0.3 is 17.9 Å². The monoisotopic (exact) mass is 907 g/mol. The second kappa shape index (κ2) is 25.0. The van der Waals surface area contributed by atoms with Crippen LogP contribution >= 0.6 is 0 Å². The van der Waals surface area contributed by atoms with Gasteiger partial charge in [-0.1, -0.05) is 72.8 Å². The van der Waals surface area contributed by atoms with E-state index in [9.17, 15) is 73.8 Å². The summed E-state index contributed by atoms with van der Waals surface area (Å²) in [6, 6.07) is 9.77. The number of nitrogens with one attached hydrogen (secondary N) is 6. The van der Waals surface area contributed by atoms with Gasteiger partial charge in [-0.05, 0) is 42.7 Å².